The molecule has 7 heteroatoms. The van der Waals surface area contributed by atoms with Crippen LogP contribution in [-0.4, -0.2) is 50.7 Å². The molecule has 162 valence electrons. The molecule has 2 atom stereocenters. The predicted molar refractivity (Wildman–Crippen MR) is 126 cm³/mol. The van der Waals surface area contributed by atoms with Gasteiger partial charge in [-0.05, 0) is 48.6 Å². The van der Waals surface area contributed by atoms with Crippen molar-refractivity contribution >= 4 is 17.3 Å². The minimum absolute atomic E-state index is 0.500. The molecule has 0 saturated carbocycles. The molecule has 4 aromatic rings. The summed E-state index contributed by atoms with van der Waals surface area (Å²) in [6.07, 6.45) is 1.73. The number of aromatic nitrogens is 4. The smallest absolute Gasteiger partial charge is 0.154 e. The fourth-order valence-electron chi connectivity index (χ4n) is 5.38. The zero-order valence-electron chi connectivity index (χ0n) is 18.2. The van der Waals surface area contributed by atoms with Gasteiger partial charge in [-0.15, -0.1) is 5.10 Å². The first-order valence-corrected chi connectivity index (χ1v) is 11.2. The lowest BCUT2D eigenvalue weighted by Crippen LogP contribution is -2.29. The van der Waals surface area contributed by atoms with Crippen LogP contribution in [0.15, 0.2) is 60.8 Å². The molecule has 2 N–H and O–H groups in total. The van der Waals surface area contributed by atoms with Gasteiger partial charge < -0.3 is 10.6 Å². The summed E-state index contributed by atoms with van der Waals surface area (Å²) in [5.41, 5.74) is 11.1. The molecule has 3 aromatic heterocycles. The molecule has 0 amide bonds. The van der Waals surface area contributed by atoms with Crippen molar-refractivity contribution in [2.75, 3.05) is 36.8 Å². The second-order valence-electron chi connectivity index (χ2n) is 9.08. The number of nitrogen functional groups attached to an aromatic ring is 1. The second-order valence-corrected chi connectivity index (χ2v) is 9.08. The van der Waals surface area contributed by atoms with Gasteiger partial charge in [0.25, 0.3) is 0 Å². The van der Waals surface area contributed by atoms with E-state index in [1.165, 1.54) is 5.56 Å². The molecular formula is C25H27N7. The van der Waals surface area contributed by atoms with E-state index < -0.39 is 0 Å². The molecule has 32 heavy (non-hydrogen) atoms. The quantitative estimate of drug-likeness (QED) is 0.541. The number of fused-ring (bicyclic) bond motifs is 2. The van der Waals surface area contributed by atoms with Crippen LogP contribution < -0.4 is 10.6 Å². The van der Waals surface area contributed by atoms with Crippen LogP contribution in [0.3, 0.4) is 0 Å². The topological polar surface area (TPSA) is 75.6 Å². The van der Waals surface area contributed by atoms with E-state index in [0.717, 1.165) is 61.1 Å². The van der Waals surface area contributed by atoms with Crippen LogP contribution >= 0.6 is 0 Å². The predicted octanol–water partition coefficient (Wildman–Crippen LogP) is 3.25. The molecule has 2 aliphatic heterocycles. The summed E-state index contributed by atoms with van der Waals surface area (Å²) >= 11 is 0. The van der Waals surface area contributed by atoms with Crippen LogP contribution in [0.25, 0.3) is 16.9 Å². The molecule has 0 bridgehead atoms. The molecule has 0 spiro atoms. The van der Waals surface area contributed by atoms with Crippen molar-refractivity contribution < 1.29 is 0 Å². The number of nitrogens with zero attached hydrogens (tertiary/aromatic N) is 6. The first kappa shape index (κ1) is 19.3. The van der Waals surface area contributed by atoms with Gasteiger partial charge in [-0.3, -0.25) is 4.90 Å². The fraction of sp³-hybridized carbons (Fsp3) is 0.320. The van der Waals surface area contributed by atoms with Crippen molar-refractivity contribution in [1.82, 2.24) is 24.5 Å². The summed E-state index contributed by atoms with van der Waals surface area (Å²) in [6.45, 7) is 7.49. The highest BCUT2D eigenvalue weighted by Crippen LogP contribution is 2.34. The molecule has 0 radical (unpaired) electrons. The lowest BCUT2D eigenvalue weighted by molar-refractivity contribution is 0.308. The maximum Gasteiger partial charge on any atom is 0.154 e. The van der Waals surface area contributed by atoms with Gasteiger partial charge in [0, 0.05) is 44.5 Å². The van der Waals surface area contributed by atoms with Gasteiger partial charge in [-0.1, -0.05) is 30.3 Å². The van der Waals surface area contributed by atoms with Crippen molar-refractivity contribution in [3.05, 3.63) is 72.1 Å². The summed E-state index contributed by atoms with van der Waals surface area (Å²) in [5.74, 6) is 2.91. The average Bonchev–Trinajstić information content (AvgIpc) is 3.44. The van der Waals surface area contributed by atoms with Gasteiger partial charge >= 0.3 is 0 Å². The third-order valence-corrected chi connectivity index (χ3v) is 6.83. The second kappa shape index (κ2) is 7.60. The van der Waals surface area contributed by atoms with Gasteiger partial charge in [0.15, 0.2) is 5.65 Å². The standard InChI is InChI=1S/C25H27N7/c1-17-25(19-9-10-27-22(26)11-19)32-23(28-17)7-8-24(29-32)31-15-20-13-30(14-21(20)16-31)12-18-5-3-2-4-6-18/h2-11,20-21H,12-16H2,1H3,(H2,26,27). The van der Waals surface area contributed by atoms with E-state index >= 15 is 0 Å². The Labute approximate surface area is 187 Å². The zero-order chi connectivity index (χ0) is 21.7. The average molecular weight is 426 g/mol. The van der Waals surface area contributed by atoms with Gasteiger partial charge in [0.1, 0.15) is 11.6 Å². The van der Waals surface area contributed by atoms with Crippen LogP contribution in [-0.2, 0) is 6.54 Å². The van der Waals surface area contributed by atoms with Crippen molar-refractivity contribution in [3.8, 4) is 11.3 Å². The number of hydrogen-bond donors (Lipinski definition) is 1. The number of rotatable bonds is 4. The normalized spacial score (nSPS) is 20.8. The number of nitrogens with two attached hydrogens (primary N) is 1. The highest BCUT2D eigenvalue weighted by atomic mass is 15.4. The number of hydrogen-bond acceptors (Lipinski definition) is 6. The maximum absolute atomic E-state index is 5.93. The summed E-state index contributed by atoms with van der Waals surface area (Å²) in [7, 11) is 0. The van der Waals surface area contributed by atoms with Gasteiger partial charge in [-0.25, -0.2) is 14.5 Å². The molecule has 7 nitrogen and oxygen atoms in total. The Morgan fingerprint density at radius 3 is 2.50 bits per heavy atom. The lowest BCUT2D eigenvalue weighted by Gasteiger charge is -2.22. The highest BCUT2D eigenvalue weighted by molar-refractivity contribution is 5.68. The van der Waals surface area contributed by atoms with Gasteiger partial charge in [0.05, 0.1) is 11.4 Å². The van der Waals surface area contributed by atoms with Gasteiger partial charge in [-0.2, -0.15) is 0 Å². The Morgan fingerprint density at radius 1 is 0.969 bits per heavy atom. The first-order valence-electron chi connectivity index (χ1n) is 11.2. The zero-order valence-corrected chi connectivity index (χ0v) is 18.2. The summed E-state index contributed by atoms with van der Waals surface area (Å²) in [5, 5.41) is 5.00. The third-order valence-electron chi connectivity index (χ3n) is 6.83. The SMILES string of the molecule is Cc1nc2ccc(N3CC4CN(Cc5ccccc5)CC4C3)nn2c1-c1ccnc(N)c1. The Morgan fingerprint density at radius 2 is 1.75 bits per heavy atom. The monoisotopic (exact) mass is 425 g/mol. The van der Waals surface area contributed by atoms with Crippen LogP contribution in [0.4, 0.5) is 11.6 Å². The largest absolute Gasteiger partial charge is 0.384 e. The van der Waals surface area contributed by atoms with E-state index in [1.54, 1.807) is 6.20 Å². The summed E-state index contributed by atoms with van der Waals surface area (Å²) < 4.78 is 1.95. The minimum atomic E-state index is 0.500. The number of anilines is 2. The van der Waals surface area contributed by atoms with E-state index in [1.807, 2.05) is 23.6 Å². The molecule has 2 unspecified atom stereocenters. The van der Waals surface area contributed by atoms with Crippen LogP contribution in [0, 0.1) is 18.8 Å². The number of imidazole rings is 1. The summed E-state index contributed by atoms with van der Waals surface area (Å²) in [4.78, 5) is 13.9. The minimum Gasteiger partial charge on any atom is -0.384 e. The number of aryl methyl sites for hydroxylation is 1. The van der Waals surface area contributed by atoms with E-state index in [0.29, 0.717) is 17.7 Å². The summed E-state index contributed by atoms with van der Waals surface area (Å²) in [6, 6.07) is 18.8. The Balaban J connectivity index is 1.23. The highest BCUT2D eigenvalue weighted by Gasteiger charge is 2.40. The molecule has 1 aromatic carbocycles. The van der Waals surface area contributed by atoms with E-state index in [9.17, 15) is 0 Å². The number of benzene rings is 1. The maximum atomic E-state index is 5.93. The molecule has 2 aliphatic rings. The Kier molecular flexibility index (Phi) is 4.57. The van der Waals surface area contributed by atoms with Crippen molar-refractivity contribution in [2.45, 2.75) is 13.5 Å². The number of pyridine rings is 1. The van der Waals surface area contributed by atoms with Crippen molar-refractivity contribution in [1.29, 1.82) is 0 Å². The fourth-order valence-corrected chi connectivity index (χ4v) is 5.38. The van der Waals surface area contributed by atoms with Crippen LogP contribution in [0.2, 0.25) is 0 Å². The molecule has 2 fully saturated rings. The van der Waals surface area contributed by atoms with Gasteiger partial charge in [0.2, 0.25) is 0 Å². The van der Waals surface area contributed by atoms with E-state index in [-0.39, 0.29) is 0 Å². The molecule has 6 rings (SSSR count). The van der Waals surface area contributed by atoms with Crippen molar-refractivity contribution in [3.63, 3.8) is 0 Å². The molecule has 0 aliphatic carbocycles. The van der Waals surface area contributed by atoms with Crippen molar-refractivity contribution in [2.24, 2.45) is 11.8 Å². The lowest BCUT2D eigenvalue weighted by atomic mass is 10.0. The third kappa shape index (κ3) is 3.39. The van der Waals surface area contributed by atoms with E-state index in [2.05, 4.69) is 57.2 Å². The van der Waals surface area contributed by atoms with Crippen LogP contribution in [0.1, 0.15) is 11.3 Å². The first-order chi connectivity index (χ1) is 15.6. The molecule has 2 saturated heterocycles. The molecule has 5 heterocycles. The Bertz CT molecular complexity index is 1250. The number of likely N-dealkylation sites (tertiary alicyclic amines) is 1. The van der Waals surface area contributed by atoms with Crippen LogP contribution in [0.5, 0.6) is 0 Å². The van der Waals surface area contributed by atoms with E-state index in [4.69, 9.17) is 15.8 Å². The molecular weight excluding hydrogens is 398 g/mol. The Hall–Kier alpha value is -3.45.